The molecule has 0 saturated heterocycles. The molecular formula is C23H24N4O5. The number of carbonyl (C=O) groups is 2. The van der Waals surface area contributed by atoms with Crippen LogP contribution in [0.15, 0.2) is 60.7 Å². The molecule has 0 radical (unpaired) electrons. The van der Waals surface area contributed by atoms with Crippen molar-refractivity contribution in [1.29, 1.82) is 0 Å². The highest BCUT2D eigenvalue weighted by Gasteiger charge is 2.34. The second-order valence-electron chi connectivity index (χ2n) is 7.27. The Morgan fingerprint density at radius 1 is 0.969 bits per heavy atom. The molecule has 0 aliphatic rings. The first-order chi connectivity index (χ1) is 15.5. The maximum Gasteiger partial charge on any atom is 0.303 e. The van der Waals surface area contributed by atoms with Gasteiger partial charge in [0.15, 0.2) is 0 Å². The zero-order chi connectivity index (χ0) is 23.1. The Kier molecular flexibility index (Phi) is 7.35. The summed E-state index contributed by atoms with van der Waals surface area (Å²) in [6.45, 7) is 0.302. The Morgan fingerprint density at radius 3 is 2.09 bits per heavy atom. The molecule has 0 bridgehead atoms. The van der Waals surface area contributed by atoms with Crippen LogP contribution in [-0.2, 0) is 11.3 Å². The van der Waals surface area contributed by atoms with E-state index in [-0.39, 0.29) is 23.4 Å². The third-order valence-corrected chi connectivity index (χ3v) is 5.17. The minimum Gasteiger partial charge on any atom is -0.364 e. The third kappa shape index (κ3) is 4.84. The molecule has 32 heavy (non-hydrogen) atoms. The Bertz CT molecular complexity index is 1110. The molecule has 2 amide bonds. The Labute approximate surface area is 184 Å². The fraction of sp³-hybridized carbons (Fsp3) is 0.217. The minimum absolute atomic E-state index is 0.0786. The van der Waals surface area contributed by atoms with Gasteiger partial charge in [-0.3, -0.25) is 24.9 Å². The predicted molar refractivity (Wildman–Crippen MR) is 119 cm³/mol. The molecule has 1 heterocycles. The molecule has 9 heteroatoms. The van der Waals surface area contributed by atoms with Crippen LogP contribution in [0.25, 0.3) is 22.4 Å². The summed E-state index contributed by atoms with van der Waals surface area (Å²) in [6, 6.07) is 17.6. The molecule has 1 aromatic heterocycles. The van der Waals surface area contributed by atoms with Gasteiger partial charge < -0.3 is 10.3 Å². The number of nitrogens with zero attached hydrogens (tertiary/aromatic N) is 2. The second kappa shape index (κ2) is 10.4. The highest BCUT2D eigenvalue weighted by Crippen LogP contribution is 2.44. The SMILES string of the molecule is NC(=O)c1c(-c2ccccc2)c([N+](=O)[O-])c(-c2ccccc2)n1CCCCCC(=O)NO. The highest BCUT2D eigenvalue weighted by atomic mass is 16.6. The van der Waals surface area contributed by atoms with Gasteiger partial charge in [0, 0.05) is 18.5 Å². The number of nitrogens with two attached hydrogens (primary N) is 1. The Balaban J connectivity index is 2.14. The lowest BCUT2D eigenvalue weighted by Crippen LogP contribution is -2.19. The number of hydrogen-bond acceptors (Lipinski definition) is 5. The van der Waals surface area contributed by atoms with Crippen molar-refractivity contribution in [3.8, 4) is 22.4 Å². The molecule has 0 fully saturated rings. The topological polar surface area (TPSA) is 140 Å². The van der Waals surface area contributed by atoms with E-state index in [2.05, 4.69) is 0 Å². The predicted octanol–water partition coefficient (Wildman–Crippen LogP) is 3.90. The van der Waals surface area contributed by atoms with Gasteiger partial charge in [-0.05, 0) is 18.4 Å². The van der Waals surface area contributed by atoms with E-state index in [4.69, 9.17) is 10.9 Å². The van der Waals surface area contributed by atoms with Gasteiger partial charge in [0.2, 0.25) is 5.91 Å². The summed E-state index contributed by atoms with van der Waals surface area (Å²) in [5.74, 6) is -1.23. The van der Waals surface area contributed by atoms with E-state index in [0.717, 1.165) is 0 Å². The molecule has 0 saturated carbocycles. The molecule has 0 aliphatic heterocycles. The van der Waals surface area contributed by atoms with Gasteiger partial charge in [-0.2, -0.15) is 0 Å². The van der Waals surface area contributed by atoms with Crippen molar-refractivity contribution in [2.24, 2.45) is 5.73 Å². The number of aromatic nitrogens is 1. The van der Waals surface area contributed by atoms with Gasteiger partial charge >= 0.3 is 5.69 Å². The number of primary amides is 1. The largest absolute Gasteiger partial charge is 0.364 e. The van der Waals surface area contributed by atoms with E-state index in [9.17, 15) is 19.7 Å². The van der Waals surface area contributed by atoms with E-state index >= 15 is 0 Å². The minimum atomic E-state index is -0.756. The number of amides is 2. The van der Waals surface area contributed by atoms with E-state index in [1.165, 1.54) is 0 Å². The van der Waals surface area contributed by atoms with E-state index in [1.807, 2.05) is 6.07 Å². The maximum absolute atomic E-state index is 12.6. The Hall–Kier alpha value is -3.98. The molecule has 2 aromatic carbocycles. The van der Waals surface area contributed by atoms with Crippen molar-refractivity contribution < 1.29 is 19.7 Å². The zero-order valence-corrected chi connectivity index (χ0v) is 17.4. The molecule has 3 rings (SSSR count). The maximum atomic E-state index is 12.6. The van der Waals surface area contributed by atoms with E-state index in [1.54, 1.807) is 64.6 Å². The third-order valence-electron chi connectivity index (χ3n) is 5.17. The summed E-state index contributed by atoms with van der Waals surface area (Å²) in [4.78, 5) is 35.5. The quantitative estimate of drug-likeness (QED) is 0.191. The standard InChI is InChI=1S/C23H24N4O5/c24-23(29)22-19(16-10-4-1-5-11-16)21(27(31)32)20(17-12-6-2-7-13-17)26(22)15-9-3-8-14-18(28)25-30/h1-2,4-7,10-13,30H,3,8-9,14-15H2,(H2,24,29)(H,25,28). The second-order valence-corrected chi connectivity index (χ2v) is 7.27. The zero-order valence-electron chi connectivity index (χ0n) is 17.4. The number of hydrogen-bond donors (Lipinski definition) is 3. The number of unbranched alkanes of at least 4 members (excludes halogenated alkanes) is 2. The first-order valence-electron chi connectivity index (χ1n) is 10.2. The van der Waals surface area contributed by atoms with Gasteiger partial charge in [-0.25, -0.2) is 5.48 Å². The summed E-state index contributed by atoms with van der Waals surface area (Å²) in [5.41, 5.74) is 8.88. The van der Waals surface area contributed by atoms with Gasteiger partial charge in [0.1, 0.15) is 11.4 Å². The van der Waals surface area contributed by atoms with Crippen LogP contribution in [0.3, 0.4) is 0 Å². The van der Waals surface area contributed by atoms with Crippen molar-refractivity contribution in [2.75, 3.05) is 0 Å². The van der Waals surface area contributed by atoms with Crippen LogP contribution < -0.4 is 11.2 Å². The smallest absolute Gasteiger partial charge is 0.303 e. The number of benzene rings is 2. The number of nitro groups is 1. The van der Waals surface area contributed by atoms with Gasteiger partial charge in [0.25, 0.3) is 5.91 Å². The van der Waals surface area contributed by atoms with Crippen molar-refractivity contribution >= 4 is 17.5 Å². The summed E-state index contributed by atoms with van der Waals surface area (Å²) in [6.07, 6.45) is 1.85. The molecule has 0 atom stereocenters. The number of nitrogens with one attached hydrogen (secondary N) is 1. The molecule has 9 nitrogen and oxygen atoms in total. The van der Waals surface area contributed by atoms with Gasteiger partial charge in [-0.15, -0.1) is 0 Å². The van der Waals surface area contributed by atoms with Crippen LogP contribution in [0.4, 0.5) is 5.69 Å². The van der Waals surface area contributed by atoms with E-state index < -0.39 is 16.7 Å². The molecule has 166 valence electrons. The van der Waals surface area contributed by atoms with Crippen molar-refractivity contribution in [1.82, 2.24) is 10.0 Å². The average Bonchev–Trinajstić information content (AvgIpc) is 3.15. The monoisotopic (exact) mass is 436 g/mol. The summed E-state index contributed by atoms with van der Waals surface area (Å²) in [7, 11) is 0. The number of hydroxylamine groups is 1. The summed E-state index contributed by atoms with van der Waals surface area (Å²) >= 11 is 0. The molecular weight excluding hydrogens is 412 g/mol. The Morgan fingerprint density at radius 2 is 1.56 bits per heavy atom. The summed E-state index contributed by atoms with van der Waals surface area (Å²) in [5, 5.41) is 20.8. The average molecular weight is 436 g/mol. The fourth-order valence-corrected chi connectivity index (χ4v) is 3.82. The van der Waals surface area contributed by atoms with Crippen molar-refractivity contribution in [3.05, 3.63) is 76.5 Å². The molecule has 3 aromatic rings. The van der Waals surface area contributed by atoms with Crippen molar-refractivity contribution in [2.45, 2.75) is 32.2 Å². The van der Waals surface area contributed by atoms with Crippen LogP contribution in [0.5, 0.6) is 0 Å². The fourth-order valence-electron chi connectivity index (χ4n) is 3.82. The lowest BCUT2D eigenvalue weighted by molar-refractivity contribution is -0.383. The van der Waals surface area contributed by atoms with Crippen molar-refractivity contribution in [3.63, 3.8) is 0 Å². The molecule has 0 unspecified atom stereocenters. The number of carbonyl (C=O) groups excluding carboxylic acids is 2. The van der Waals surface area contributed by atoms with Crippen LogP contribution in [0, 0.1) is 10.1 Å². The van der Waals surface area contributed by atoms with Crippen LogP contribution in [-0.4, -0.2) is 26.5 Å². The van der Waals surface area contributed by atoms with E-state index in [0.29, 0.717) is 42.6 Å². The van der Waals surface area contributed by atoms with Crippen LogP contribution in [0.2, 0.25) is 0 Å². The normalized spacial score (nSPS) is 10.7. The number of rotatable bonds is 10. The van der Waals surface area contributed by atoms with Gasteiger partial charge in [0.05, 0.1) is 10.5 Å². The lowest BCUT2D eigenvalue weighted by atomic mass is 10.0. The van der Waals surface area contributed by atoms with Gasteiger partial charge in [-0.1, -0.05) is 67.1 Å². The first-order valence-corrected chi connectivity index (χ1v) is 10.2. The van der Waals surface area contributed by atoms with Crippen LogP contribution in [0.1, 0.15) is 36.2 Å². The molecule has 0 aliphatic carbocycles. The first kappa shape index (κ1) is 22.7. The summed E-state index contributed by atoms with van der Waals surface area (Å²) < 4.78 is 1.62. The van der Waals surface area contributed by atoms with Crippen LogP contribution >= 0.6 is 0 Å². The lowest BCUT2D eigenvalue weighted by Gasteiger charge is -2.12. The molecule has 4 N–H and O–H groups in total. The molecule has 0 spiro atoms. The highest BCUT2D eigenvalue weighted by molar-refractivity contribution is 6.04.